The standard InChI is InChI=1S/C15H21N2O3P.C2H6/c1-20-14-4-10(8-18)12(5-13(14)19)16-7-11-6-15(2-3-15)9-17(11)21;1-2/h4-5,8,11,16,19H,2-3,6-7,9,21H2,1H3;1-2H3. The van der Waals surface area contributed by atoms with Crippen LogP contribution in [0, 0.1) is 5.41 Å². The highest BCUT2D eigenvalue weighted by atomic mass is 31.0. The van der Waals surface area contributed by atoms with Crippen LogP contribution in [0.4, 0.5) is 5.69 Å². The summed E-state index contributed by atoms with van der Waals surface area (Å²) in [4.78, 5) is 11.2. The van der Waals surface area contributed by atoms with E-state index in [1.807, 2.05) is 13.8 Å². The van der Waals surface area contributed by atoms with Crippen LogP contribution < -0.4 is 10.1 Å². The first-order chi connectivity index (χ1) is 11.1. The molecule has 5 nitrogen and oxygen atoms in total. The maximum Gasteiger partial charge on any atom is 0.161 e. The summed E-state index contributed by atoms with van der Waals surface area (Å²) in [7, 11) is 4.28. The second kappa shape index (κ2) is 7.50. The highest BCUT2D eigenvalue weighted by Crippen LogP contribution is 2.55. The normalized spacial score (nSPS) is 21.5. The molecular weight excluding hydrogens is 311 g/mol. The number of hydrogen-bond acceptors (Lipinski definition) is 5. The average molecular weight is 338 g/mol. The van der Waals surface area contributed by atoms with Crippen molar-refractivity contribution < 1.29 is 14.6 Å². The molecule has 1 saturated heterocycles. The van der Waals surface area contributed by atoms with Crippen molar-refractivity contribution in [2.24, 2.45) is 5.41 Å². The second-order valence-corrected chi connectivity index (χ2v) is 6.80. The molecule has 1 spiro atoms. The Balaban J connectivity index is 0.000000924. The number of hydrogen-bond donors (Lipinski definition) is 2. The van der Waals surface area contributed by atoms with Crippen LogP contribution in [0.3, 0.4) is 0 Å². The summed E-state index contributed by atoms with van der Waals surface area (Å²) >= 11 is 0. The zero-order valence-corrected chi connectivity index (χ0v) is 15.3. The minimum Gasteiger partial charge on any atom is -0.504 e. The largest absolute Gasteiger partial charge is 0.504 e. The van der Waals surface area contributed by atoms with Gasteiger partial charge in [0.25, 0.3) is 0 Å². The fraction of sp³-hybridized carbons (Fsp3) is 0.588. The molecule has 1 aliphatic carbocycles. The molecule has 2 fully saturated rings. The Kier molecular flexibility index (Phi) is 5.88. The Morgan fingerprint density at radius 2 is 2.17 bits per heavy atom. The topological polar surface area (TPSA) is 61.8 Å². The molecule has 1 heterocycles. The third-order valence-electron chi connectivity index (χ3n) is 4.62. The van der Waals surface area contributed by atoms with Gasteiger partial charge in [0.2, 0.25) is 0 Å². The zero-order chi connectivity index (χ0) is 17.0. The van der Waals surface area contributed by atoms with E-state index in [2.05, 4.69) is 19.4 Å². The predicted octanol–water partition coefficient (Wildman–Crippen LogP) is 3.30. The van der Waals surface area contributed by atoms with Crippen LogP contribution in [0.25, 0.3) is 0 Å². The van der Waals surface area contributed by atoms with Gasteiger partial charge in [0.1, 0.15) is 0 Å². The molecule has 6 heteroatoms. The van der Waals surface area contributed by atoms with Crippen LogP contribution in [-0.4, -0.2) is 42.3 Å². The minimum atomic E-state index is 0.0402. The molecule has 23 heavy (non-hydrogen) atoms. The lowest BCUT2D eigenvalue weighted by Gasteiger charge is -2.20. The van der Waals surface area contributed by atoms with Gasteiger partial charge < -0.3 is 15.2 Å². The molecule has 0 aromatic heterocycles. The summed E-state index contributed by atoms with van der Waals surface area (Å²) in [5, 5.41) is 13.1. The molecule has 2 unspecified atom stereocenters. The van der Waals surface area contributed by atoms with E-state index in [4.69, 9.17) is 4.74 Å². The Morgan fingerprint density at radius 1 is 1.48 bits per heavy atom. The summed E-state index contributed by atoms with van der Waals surface area (Å²) in [5.41, 5.74) is 1.70. The Bertz CT molecular complexity index is 561. The van der Waals surface area contributed by atoms with E-state index in [1.54, 1.807) is 12.1 Å². The number of ether oxygens (including phenoxy) is 1. The summed E-state index contributed by atoms with van der Waals surface area (Å²) < 4.78 is 7.33. The predicted molar refractivity (Wildman–Crippen MR) is 96.4 cm³/mol. The van der Waals surface area contributed by atoms with Gasteiger partial charge >= 0.3 is 0 Å². The third-order valence-corrected chi connectivity index (χ3v) is 5.22. The van der Waals surface area contributed by atoms with Gasteiger partial charge in [0, 0.05) is 36.4 Å². The number of rotatable bonds is 5. The first-order valence-corrected chi connectivity index (χ1v) is 8.70. The number of benzene rings is 1. The van der Waals surface area contributed by atoms with Crippen LogP contribution in [0.1, 0.15) is 43.5 Å². The van der Waals surface area contributed by atoms with E-state index in [9.17, 15) is 9.90 Å². The first-order valence-electron chi connectivity index (χ1n) is 8.18. The molecule has 2 N–H and O–H groups in total. The lowest BCUT2D eigenvalue weighted by Crippen LogP contribution is -2.27. The van der Waals surface area contributed by atoms with Crippen molar-refractivity contribution in [1.82, 2.24) is 4.67 Å². The van der Waals surface area contributed by atoms with E-state index in [0.29, 0.717) is 28.5 Å². The van der Waals surface area contributed by atoms with Gasteiger partial charge in [-0.05, 0) is 30.7 Å². The van der Waals surface area contributed by atoms with Crippen molar-refractivity contribution in [2.75, 3.05) is 25.5 Å². The number of aldehydes is 1. The molecule has 128 valence electrons. The lowest BCUT2D eigenvalue weighted by molar-refractivity contribution is 0.112. The van der Waals surface area contributed by atoms with Crippen molar-refractivity contribution in [3.05, 3.63) is 17.7 Å². The smallest absolute Gasteiger partial charge is 0.161 e. The van der Waals surface area contributed by atoms with Gasteiger partial charge in [-0.25, -0.2) is 0 Å². The number of nitrogens with one attached hydrogen (secondary N) is 1. The molecule has 1 aliphatic heterocycles. The zero-order valence-electron chi connectivity index (χ0n) is 14.1. The Hall–Kier alpha value is -1.32. The number of carbonyl (C=O) groups excluding carboxylic acids is 1. The van der Waals surface area contributed by atoms with Gasteiger partial charge in [-0.3, -0.25) is 9.46 Å². The number of aromatic hydroxyl groups is 1. The molecule has 3 rings (SSSR count). The van der Waals surface area contributed by atoms with Crippen LogP contribution in [-0.2, 0) is 0 Å². The van der Waals surface area contributed by atoms with E-state index in [0.717, 1.165) is 19.4 Å². The molecular formula is C17H27N2O3P. The molecule has 1 aromatic rings. The van der Waals surface area contributed by atoms with Crippen molar-refractivity contribution in [2.45, 2.75) is 39.2 Å². The molecule has 1 saturated carbocycles. The molecule has 0 amide bonds. The highest BCUT2D eigenvalue weighted by molar-refractivity contribution is 7.13. The van der Waals surface area contributed by atoms with Crippen LogP contribution in [0.5, 0.6) is 11.5 Å². The summed E-state index contributed by atoms with van der Waals surface area (Å²) in [6.07, 6.45) is 4.64. The SMILES string of the molecule is CC.COc1cc(C=O)c(NCC2CC3(CC3)CN2P)cc1O. The maximum atomic E-state index is 11.2. The second-order valence-electron chi connectivity index (χ2n) is 6.14. The summed E-state index contributed by atoms with van der Waals surface area (Å²) in [6, 6.07) is 3.55. The monoisotopic (exact) mass is 338 g/mol. The van der Waals surface area contributed by atoms with Crippen LogP contribution in [0.15, 0.2) is 12.1 Å². The number of anilines is 1. The van der Waals surface area contributed by atoms with Gasteiger partial charge in [-0.15, -0.1) is 0 Å². The highest BCUT2D eigenvalue weighted by Gasteiger charge is 2.50. The molecule has 2 aliphatic rings. The van der Waals surface area contributed by atoms with Crippen molar-refractivity contribution in [3.8, 4) is 11.5 Å². The van der Waals surface area contributed by atoms with E-state index < -0.39 is 0 Å². The molecule has 0 radical (unpaired) electrons. The maximum absolute atomic E-state index is 11.2. The number of methoxy groups -OCH3 is 1. The molecule has 1 aromatic carbocycles. The average Bonchev–Trinajstić information content (AvgIpc) is 3.24. The van der Waals surface area contributed by atoms with Gasteiger partial charge in [0.05, 0.1) is 7.11 Å². The fourth-order valence-electron chi connectivity index (χ4n) is 3.15. The molecule has 2 atom stereocenters. The number of carbonyl (C=O) groups is 1. The number of phenols is 1. The van der Waals surface area contributed by atoms with Crippen LogP contribution in [0.2, 0.25) is 0 Å². The van der Waals surface area contributed by atoms with Crippen molar-refractivity contribution in [1.29, 1.82) is 0 Å². The Labute approximate surface area is 140 Å². The lowest BCUT2D eigenvalue weighted by atomic mass is 10.0. The molecule has 0 bridgehead atoms. The minimum absolute atomic E-state index is 0.0402. The van der Waals surface area contributed by atoms with E-state index in [1.165, 1.54) is 26.4 Å². The quantitative estimate of drug-likeness (QED) is 0.637. The number of phenolic OH excluding ortho intramolecular Hbond substituents is 1. The van der Waals surface area contributed by atoms with E-state index in [-0.39, 0.29) is 5.75 Å². The Morgan fingerprint density at radius 3 is 2.70 bits per heavy atom. The van der Waals surface area contributed by atoms with E-state index >= 15 is 0 Å². The summed E-state index contributed by atoms with van der Waals surface area (Å²) in [6.45, 7) is 5.90. The van der Waals surface area contributed by atoms with Crippen LogP contribution >= 0.6 is 9.39 Å². The van der Waals surface area contributed by atoms with Gasteiger partial charge in [-0.2, -0.15) is 0 Å². The first kappa shape index (κ1) is 18.0. The summed E-state index contributed by atoms with van der Waals surface area (Å²) in [5.74, 6) is 0.353. The third kappa shape index (κ3) is 3.96. The van der Waals surface area contributed by atoms with Gasteiger partial charge in [0.15, 0.2) is 17.8 Å². The van der Waals surface area contributed by atoms with Gasteiger partial charge in [-0.1, -0.05) is 23.2 Å². The number of nitrogens with zero attached hydrogens (tertiary/aromatic N) is 1. The van der Waals surface area contributed by atoms with Crippen molar-refractivity contribution in [3.63, 3.8) is 0 Å². The van der Waals surface area contributed by atoms with Crippen molar-refractivity contribution >= 4 is 21.4 Å². The fourth-order valence-corrected chi connectivity index (χ4v) is 3.75.